The number of rotatable bonds is 6. The number of nitrogens with one attached hydrogen (secondary N) is 1. The van der Waals surface area contributed by atoms with Crippen molar-refractivity contribution in [1.29, 1.82) is 0 Å². The minimum Gasteiger partial charge on any atom is -0.396 e. The van der Waals surface area contributed by atoms with E-state index in [1.807, 2.05) is 7.11 Å². The van der Waals surface area contributed by atoms with Crippen molar-refractivity contribution in [2.45, 2.75) is 70.1 Å². The summed E-state index contributed by atoms with van der Waals surface area (Å²) in [4.78, 5) is 0. The molecule has 0 aromatic heterocycles. The topological polar surface area (TPSA) is 41.5 Å². The van der Waals surface area contributed by atoms with Gasteiger partial charge in [0.2, 0.25) is 0 Å². The Hall–Kier alpha value is -0.120. The summed E-state index contributed by atoms with van der Waals surface area (Å²) in [6.45, 7) is 2.50. The highest BCUT2D eigenvalue weighted by Gasteiger charge is 2.24. The second-order valence-electron chi connectivity index (χ2n) is 4.95. The molecule has 96 valence electrons. The molecule has 0 radical (unpaired) electrons. The molecule has 1 aliphatic rings. The van der Waals surface area contributed by atoms with E-state index in [1.54, 1.807) is 0 Å². The first-order valence-corrected chi connectivity index (χ1v) is 6.67. The molecule has 0 heterocycles. The van der Waals surface area contributed by atoms with Crippen LogP contribution in [0.2, 0.25) is 0 Å². The lowest BCUT2D eigenvalue weighted by atomic mass is 10.0. The van der Waals surface area contributed by atoms with Gasteiger partial charge in [0.1, 0.15) is 0 Å². The van der Waals surface area contributed by atoms with Gasteiger partial charge in [-0.2, -0.15) is 0 Å². The van der Waals surface area contributed by atoms with Crippen molar-refractivity contribution in [2.24, 2.45) is 0 Å². The minimum atomic E-state index is 0.296. The fraction of sp³-hybridized carbons (Fsp3) is 1.00. The molecule has 0 aliphatic heterocycles. The lowest BCUT2D eigenvalue weighted by Crippen LogP contribution is -2.44. The highest BCUT2D eigenvalue weighted by Crippen LogP contribution is 2.20. The smallest absolute Gasteiger partial charge is 0.0724 e. The van der Waals surface area contributed by atoms with Crippen LogP contribution in [0.25, 0.3) is 0 Å². The third-order valence-corrected chi connectivity index (χ3v) is 3.55. The molecule has 0 aromatic rings. The molecule has 0 bridgehead atoms. The third kappa shape index (κ3) is 4.81. The number of aliphatic hydroxyl groups excluding tert-OH is 1. The van der Waals surface area contributed by atoms with Gasteiger partial charge in [0.15, 0.2) is 0 Å². The Morgan fingerprint density at radius 2 is 2.06 bits per heavy atom. The van der Waals surface area contributed by atoms with Gasteiger partial charge in [0.25, 0.3) is 0 Å². The van der Waals surface area contributed by atoms with Gasteiger partial charge in [0.05, 0.1) is 6.10 Å². The number of methoxy groups -OCH3 is 1. The molecule has 0 spiro atoms. The van der Waals surface area contributed by atoms with E-state index in [0.29, 0.717) is 24.8 Å². The molecular weight excluding hydrogens is 202 g/mol. The highest BCUT2D eigenvalue weighted by molar-refractivity contribution is 4.82. The first-order valence-electron chi connectivity index (χ1n) is 6.67. The van der Waals surface area contributed by atoms with Gasteiger partial charge in [-0.05, 0) is 32.6 Å². The second-order valence-corrected chi connectivity index (χ2v) is 4.95. The summed E-state index contributed by atoms with van der Waals surface area (Å²) in [7, 11) is 1.82. The first kappa shape index (κ1) is 13.9. The Morgan fingerprint density at radius 1 is 1.31 bits per heavy atom. The van der Waals surface area contributed by atoms with Crippen LogP contribution in [-0.2, 0) is 4.74 Å². The number of hydrogen-bond acceptors (Lipinski definition) is 3. The van der Waals surface area contributed by atoms with Gasteiger partial charge >= 0.3 is 0 Å². The quantitative estimate of drug-likeness (QED) is 0.685. The normalized spacial score (nSPS) is 28.7. The zero-order valence-corrected chi connectivity index (χ0v) is 10.7. The zero-order chi connectivity index (χ0) is 11.8. The van der Waals surface area contributed by atoms with Crippen molar-refractivity contribution in [2.75, 3.05) is 13.7 Å². The fourth-order valence-electron chi connectivity index (χ4n) is 2.59. The van der Waals surface area contributed by atoms with Crippen molar-refractivity contribution >= 4 is 0 Å². The molecule has 0 amide bonds. The van der Waals surface area contributed by atoms with Gasteiger partial charge in [-0.1, -0.05) is 19.3 Å². The lowest BCUT2D eigenvalue weighted by molar-refractivity contribution is 0.0590. The van der Waals surface area contributed by atoms with Crippen LogP contribution in [0.1, 0.15) is 51.9 Å². The van der Waals surface area contributed by atoms with Crippen LogP contribution in [0.3, 0.4) is 0 Å². The second kappa shape index (κ2) is 8.04. The molecule has 1 fully saturated rings. The van der Waals surface area contributed by atoms with E-state index < -0.39 is 0 Å². The molecule has 16 heavy (non-hydrogen) atoms. The Labute approximate surface area is 99.6 Å². The van der Waals surface area contributed by atoms with Crippen molar-refractivity contribution < 1.29 is 9.84 Å². The highest BCUT2D eigenvalue weighted by atomic mass is 16.5. The maximum Gasteiger partial charge on any atom is 0.0724 e. The molecule has 3 atom stereocenters. The Kier molecular flexibility index (Phi) is 7.01. The maximum atomic E-state index is 8.81. The summed E-state index contributed by atoms with van der Waals surface area (Å²) in [6, 6.07) is 0.981. The van der Waals surface area contributed by atoms with Crippen molar-refractivity contribution in [1.82, 2.24) is 5.32 Å². The number of hydrogen-bond donors (Lipinski definition) is 2. The van der Waals surface area contributed by atoms with Gasteiger partial charge in [-0.25, -0.2) is 0 Å². The molecule has 3 heteroatoms. The largest absolute Gasteiger partial charge is 0.396 e. The monoisotopic (exact) mass is 229 g/mol. The van der Waals surface area contributed by atoms with E-state index in [9.17, 15) is 0 Å². The summed E-state index contributed by atoms with van der Waals surface area (Å²) in [5, 5.41) is 12.5. The molecule has 1 saturated carbocycles. The van der Waals surface area contributed by atoms with Crippen LogP contribution in [0, 0.1) is 0 Å². The molecular formula is C13H27NO2. The van der Waals surface area contributed by atoms with E-state index in [1.165, 1.54) is 32.1 Å². The minimum absolute atomic E-state index is 0.296. The predicted octanol–water partition coefficient (Wildman–Crippen LogP) is 2.08. The van der Waals surface area contributed by atoms with Crippen molar-refractivity contribution in [3.63, 3.8) is 0 Å². The molecule has 3 nitrogen and oxygen atoms in total. The molecule has 1 rings (SSSR count). The SMILES string of the molecule is COC1CCCCCC1NC(C)CCCO. The average Bonchev–Trinajstić information content (AvgIpc) is 2.51. The Morgan fingerprint density at radius 3 is 2.75 bits per heavy atom. The summed E-state index contributed by atoms with van der Waals surface area (Å²) < 4.78 is 5.58. The fourth-order valence-corrected chi connectivity index (χ4v) is 2.59. The van der Waals surface area contributed by atoms with E-state index in [2.05, 4.69) is 12.2 Å². The van der Waals surface area contributed by atoms with Crippen LogP contribution in [0.4, 0.5) is 0 Å². The van der Waals surface area contributed by atoms with E-state index in [4.69, 9.17) is 9.84 Å². The first-order chi connectivity index (χ1) is 7.77. The van der Waals surface area contributed by atoms with E-state index in [-0.39, 0.29) is 0 Å². The molecule has 0 aromatic carbocycles. The van der Waals surface area contributed by atoms with Crippen molar-refractivity contribution in [3.05, 3.63) is 0 Å². The van der Waals surface area contributed by atoms with Crippen molar-refractivity contribution in [3.8, 4) is 0 Å². The summed E-state index contributed by atoms with van der Waals surface area (Å²) >= 11 is 0. The van der Waals surface area contributed by atoms with Crippen LogP contribution in [0.5, 0.6) is 0 Å². The molecule has 0 saturated heterocycles. The van der Waals surface area contributed by atoms with E-state index >= 15 is 0 Å². The number of ether oxygens (including phenoxy) is 1. The van der Waals surface area contributed by atoms with Crippen LogP contribution < -0.4 is 5.32 Å². The zero-order valence-electron chi connectivity index (χ0n) is 10.7. The van der Waals surface area contributed by atoms with Gasteiger partial charge in [-0.3, -0.25) is 0 Å². The third-order valence-electron chi connectivity index (χ3n) is 3.55. The van der Waals surface area contributed by atoms with Gasteiger partial charge in [-0.15, -0.1) is 0 Å². The Balaban J connectivity index is 2.35. The molecule has 3 unspecified atom stereocenters. The van der Waals surface area contributed by atoms with Gasteiger partial charge < -0.3 is 15.2 Å². The molecule has 1 aliphatic carbocycles. The van der Waals surface area contributed by atoms with Gasteiger partial charge in [0, 0.05) is 25.8 Å². The maximum absolute atomic E-state index is 8.81. The predicted molar refractivity (Wildman–Crippen MR) is 66.6 cm³/mol. The summed E-state index contributed by atoms with van der Waals surface area (Å²) in [5.41, 5.74) is 0. The summed E-state index contributed by atoms with van der Waals surface area (Å²) in [5.74, 6) is 0. The van der Waals surface area contributed by atoms with Crippen LogP contribution >= 0.6 is 0 Å². The standard InChI is InChI=1S/C13H27NO2/c1-11(7-6-10-15)14-12-8-4-3-5-9-13(12)16-2/h11-15H,3-10H2,1-2H3. The Bertz CT molecular complexity index is 175. The van der Waals surface area contributed by atoms with Crippen LogP contribution in [0.15, 0.2) is 0 Å². The van der Waals surface area contributed by atoms with E-state index in [0.717, 1.165) is 12.8 Å². The average molecular weight is 229 g/mol. The van der Waals surface area contributed by atoms with Crippen LogP contribution in [-0.4, -0.2) is 37.0 Å². The molecule has 2 N–H and O–H groups in total. The summed E-state index contributed by atoms with van der Waals surface area (Å²) in [6.07, 6.45) is 8.65. The lowest BCUT2D eigenvalue weighted by Gasteiger charge is -2.28. The number of aliphatic hydroxyl groups is 1.